The lowest BCUT2D eigenvalue weighted by Crippen LogP contribution is -2.39. The van der Waals surface area contributed by atoms with Gasteiger partial charge in [0.05, 0.1) is 24.8 Å². The van der Waals surface area contributed by atoms with Crippen molar-refractivity contribution < 1.29 is 9.47 Å². The van der Waals surface area contributed by atoms with Crippen LogP contribution in [0.4, 0.5) is 0 Å². The number of ether oxygens (including phenoxy) is 2. The van der Waals surface area contributed by atoms with Gasteiger partial charge in [-0.15, -0.1) is 0 Å². The number of nitrogens with zero attached hydrogens (tertiary/aromatic N) is 2. The Labute approximate surface area is 155 Å². The van der Waals surface area contributed by atoms with Crippen molar-refractivity contribution >= 4 is 17.6 Å². The molecule has 0 aromatic heterocycles. The average molecular weight is 369 g/mol. The molecule has 0 saturated carbocycles. The Hall–Kier alpha value is -1.50. The zero-order chi connectivity index (χ0) is 17.9. The quantitative estimate of drug-likeness (QED) is 0.397. The van der Waals surface area contributed by atoms with E-state index >= 15 is 0 Å². The van der Waals surface area contributed by atoms with Gasteiger partial charge in [0.1, 0.15) is 11.9 Å². The van der Waals surface area contributed by atoms with Crippen LogP contribution in [-0.2, 0) is 4.74 Å². The number of morpholine rings is 1. The number of aliphatic imine (C=N–C) groups is 1. The van der Waals surface area contributed by atoms with E-state index in [9.17, 15) is 0 Å². The van der Waals surface area contributed by atoms with E-state index in [0.717, 1.165) is 52.2 Å². The highest BCUT2D eigenvalue weighted by Gasteiger charge is 2.11. The molecule has 0 aliphatic carbocycles. The van der Waals surface area contributed by atoms with Crippen LogP contribution in [0.5, 0.6) is 5.75 Å². The maximum Gasteiger partial charge on any atom is 0.188 e. The third-order valence-electron chi connectivity index (χ3n) is 4.11. The standard InChI is InChI=1S/C18H29ClN4O2/c1-2-15(25-17-7-4-3-6-16(17)19)14-22-18(20)21-8-5-9-23-10-12-24-13-11-23/h3-4,6-7,15H,2,5,8-14H2,1H3,(H3,20,21,22). The summed E-state index contributed by atoms with van der Waals surface area (Å²) in [5, 5.41) is 3.78. The van der Waals surface area contributed by atoms with Gasteiger partial charge in [0.25, 0.3) is 0 Å². The van der Waals surface area contributed by atoms with Crippen LogP contribution in [0.3, 0.4) is 0 Å². The van der Waals surface area contributed by atoms with Crippen LogP contribution in [0.1, 0.15) is 19.8 Å². The first-order chi connectivity index (χ1) is 12.2. The van der Waals surface area contributed by atoms with Crippen LogP contribution in [0.25, 0.3) is 0 Å². The molecule has 140 valence electrons. The molecule has 1 aromatic carbocycles. The molecule has 0 amide bonds. The summed E-state index contributed by atoms with van der Waals surface area (Å²) in [5.74, 6) is 1.14. The summed E-state index contributed by atoms with van der Waals surface area (Å²) >= 11 is 6.13. The molecule has 1 heterocycles. The van der Waals surface area contributed by atoms with E-state index in [1.54, 1.807) is 0 Å². The topological polar surface area (TPSA) is 72.1 Å². The fourth-order valence-corrected chi connectivity index (χ4v) is 2.75. The lowest BCUT2D eigenvalue weighted by Gasteiger charge is -2.26. The van der Waals surface area contributed by atoms with Crippen molar-refractivity contribution in [3.63, 3.8) is 0 Å². The molecule has 0 spiro atoms. The van der Waals surface area contributed by atoms with Gasteiger partial charge in [0.15, 0.2) is 5.96 Å². The Morgan fingerprint density at radius 3 is 2.88 bits per heavy atom. The Bertz CT molecular complexity index is 536. The van der Waals surface area contributed by atoms with Crippen molar-refractivity contribution in [2.24, 2.45) is 10.7 Å². The molecule has 2 rings (SSSR count). The summed E-state index contributed by atoms with van der Waals surface area (Å²) in [5.41, 5.74) is 5.94. The Morgan fingerprint density at radius 2 is 2.16 bits per heavy atom. The van der Waals surface area contributed by atoms with Crippen molar-refractivity contribution in [2.75, 3.05) is 45.9 Å². The fraction of sp³-hybridized carbons (Fsp3) is 0.611. The lowest BCUT2D eigenvalue weighted by atomic mass is 10.2. The molecule has 0 radical (unpaired) electrons. The lowest BCUT2D eigenvalue weighted by molar-refractivity contribution is 0.0376. The normalized spacial score (nSPS) is 17.3. The van der Waals surface area contributed by atoms with Crippen LogP contribution in [0.2, 0.25) is 5.02 Å². The van der Waals surface area contributed by atoms with E-state index in [1.807, 2.05) is 24.3 Å². The summed E-state index contributed by atoms with van der Waals surface area (Å²) in [6.45, 7) is 8.13. The van der Waals surface area contributed by atoms with Gasteiger partial charge in [-0.2, -0.15) is 0 Å². The first-order valence-corrected chi connectivity index (χ1v) is 9.32. The van der Waals surface area contributed by atoms with Crippen LogP contribution in [0, 0.1) is 0 Å². The summed E-state index contributed by atoms with van der Waals surface area (Å²) in [7, 11) is 0. The van der Waals surface area contributed by atoms with Gasteiger partial charge in [-0.25, -0.2) is 4.99 Å². The van der Waals surface area contributed by atoms with Crippen molar-refractivity contribution in [1.82, 2.24) is 10.2 Å². The van der Waals surface area contributed by atoms with Crippen LogP contribution in [0.15, 0.2) is 29.3 Å². The zero-order valence-electron chi connectivity index (χ0n) is 14.9. The van der Waals surface area contributed by atoms with Gasteiger partial charge in [-0.1, -0.05) is 30.7 Å². The second kappa shape index (κ2) is 11.2. The molecule has 1 aliphatic heterocycles. The van der Waals surface area contributed by atoms with E-state index in [1.165, 1.54) is 0 Å². The van der Waals surface area contributed by atoms with Crippen molar-refractivity contribution in [3.8, 4) is 5.75 Å². The van der Waals surface area contributed by atoms with E-state index in [4.69, 9.17) is 26.8 Å². The smallest absolute Gasteiger partial charge is 0.188 e. The largest absolute Gasteiger partial charge is 0.487 e. The fourth-order valence-electron chi connectivity index (χ4n) is 2.57. The monoisotopic (exact) mass is 368 g/mol. The van der Waals surface area contributed by atoms with Crippen LogP contribution < -0.4 is 15.8 Å². The molecule has 7 heteroatoms. The average Bonchev–Trinajstić information content (AvgIpc) is 2.64. The number of para-hydroxylation sites is 1. The van der Waals surface area contributed by atoms with Gasteiger partial charge in [-0.05, 0) is 31.5 Å². The summed E-state index contributed by atoms with van der Waals surface area (Å²) in [4.78, 5) is 6.79. The first kappa shape index (κ1) is 19.8. The number of hydrogen-bond donors (Lipinski definition) is 2. The predicted octanol–water partition coefficient (Wildman–Crippen LogP) is 2.12. The second-order valence-electron chi connectivity index (χ2n) is 6.04. The molecule has 0 bridgehead atoms. The van der Waals surface area contributed by atoms with E-state index in [2.05, 4.69) is 22.1 Å². The SMILES string of the molecule is CCC(CN=C(N)NCCCN1CCOCC1)Oc1ccccc1Cl. The van der Waals surface area contributed by atoms with Crippen molar-refractivity contribution in [1.29, 1.82) is 0 Å². The van der Waals surface area contributed by atoms with E-state index < -0.39 is 0 Å². The summed E-state index contributed by atoms with van der Waals surface area (Å²) < 4.78 is 11.3. The van der Waals surface area contributed by atoms with Gasteiger partial charge in [-0.3, -0.25) is 4.90 Å². The molecule has 25 heavy (non-hydrogen) atoms. The highest BCUT2D eigenvalue weighted by Crippen LogP contribution is 2.24. The van der Waals surface area contributed by atoms with Gasteiger partial charge in [0, 0.05) is 19.6 Å². The number of nitrogens with one attached hydrogen (secondary N) is 1. The number of hydrogen-bond acceptors (Lipinski definition) is 4. The Kier molecular flexibility index (Phi) is 8.86. The molecule has 6 nitrogen and oxygen atoms in total. The minimum Gasteiger partial charge on any atom is -0.487 e. The molecule has 1 fully saturated rings. The highest BCUT2D eigenvalue weighted by molar-refractivity contribution is 6.32. The Balaban J connectivity index is 1.66. The zero-order valence-corrected chi connectivity index (χ0v) is 15.7. The number of nitrogens with two attached hydrogens (primary N) is 1. The maximum atomic E-state index is 6.13. The van der Waals surface area contributed by atoms with Crippen LogP contribution >= 0.6 is 11.6 Å². The number of rotatable bonds is 9. The molecule has 1 aliphatic rings. The summed E-state index contributed by atoms with van der Waals surface area (Å²) in [6.07, 6.45) is 1.82. The maximum absolute atomic E-state index is 6.13. The van der Waals surface area contributed by atoms with Crippen LogP contribution in [-0.4, -0.2) is 62.9 Å². The van der Waals surface area contributed by atoms with E-state index in [0.29, 0.717) is 23.3 Å². The number of benzene rings is 1. The molecule has 1 saturated heterocycles. The molecular weight excluding hydrogens is 340 g/mol. The molecule has 1 unspecified atom stereocenters. The molecule has 1 atom stereocenters. The molecular formula is C18H29ClN4O2. The van der Waals surface area contributed by atoms with Gasteiger partial charge in [0.2, 0.25) is 0 Å². The predicted molar refractivity (Wildman–Crippen MR) is 103 cm³/mol. The highest BCUT2D eigenvalue weighted by atomic mass is 35.5. The van der Waals surface area contributed by atoms with E-state index in [-0.39, 0.29) is 6.10 Å². The second-order valence-corrected chi connectivity index (χ2v) is 6.45. The number of halogens is 1. The number of guanidine groups is 1. The van der Waals surface area contributed by atoms with Crippen molar-refractivity contribution in [2.45, 2.75) is 25.9 Å². The molecule has 1 aromatic rings. The first-order valence-electron chi connectivity index (χ1n) is 8.94. The van der Waals surface area contributed by atoms with Gasteiger partial charge < -0.3 is 20.5 Å². The minimum absolute atomic E-state index is 0.0476. The minimum atomic E-state index is -0.0476. The Morgan fingerprint density at radius 1 is 1.40 bits per heavy atom. The third-order valence-corrected chi connectivity index (χ3v) is 4.42. The van der Waals surface area contributed by atoms with Gasteiger partial charge >= 0.3 is 0 Å². The third kappa shape index (κ3) is 7.50. The summed E-state index contributed by atoms with van der Waals surface area (Å²) in [6, 6.07) is 7.47. The van der Waals surface area contributed by atoms with Crippen molar-refractivity contribution in [3.05, 3.63) is 29.3 Å². The molecule has 3 N–H and O–H groups in total.